The largest absolute Gasteiger partial charge is 0.496 e. The van der Waals surface area contributed by atoms with Gasteiger partial charge < -0.3 is 10.1 Å². The van der Waals surface area contributed by atoms with Crippen LogP contribution in [0.3, 0.4) is 0 Å². The number of nitrogens with one attached hydrogen (secondary N) is 1. The Balaban J connectivity index is 2.22. The van der Waals surface area contributed by atoms with E-state index in [1.54, 1.807) is 7.11 Å². The van der Waals surface area contributed by atoms with Crippen LogP contribution in [-0.4, -0.2) is 36.7 Å². The molecule has 1 fully saturated rings. The fourth-order valence-corrected chi connectivity index (χ4v) is 3.12. The van der Waals surface area contributed by atoms with Gasteiger partial charge in [0.1, 0.15) is 5.75 Å². The van der Waals surface area contributed by atoms with E-state index in [0.29, 0.717) is 6.04 Å². The summed E-state index contributed by atoms with van der Waals surface area (Å²) in [6.07, 6.45) is 1.13. The van der Waals surface area contributed by atoms with Gasteiger partial charge in [-0.15, -0.1) is 0 Å². The molecule has 1 aromatic rings. The number of benzene rings is 1. The molecule has 1 aliphatic rings. The van der Waals surface area contributed by atoms with Gasteiger partial charge in [0.25, 0.3) is 0 Å². The molecule has 0 bridgehead atoms. The maximum atomic E-state index is 6.37. The molecule has 20 heavy (non-hydrogen) atoms. The fraction of sp³-hybridized carbons (Fsp3) is 0.625. The summed E-state index contributed by atoms with van der Waals surface area (Å²) in [6, 6.07) is 6.40. The zero-order chi connectivity index (χ0) is 14.8. The van der Waals surface area contributed by atoms with Crippen molar-refractivity contribution in [2.45, 2.75) is 45.3 Å². The second-order valence-electron chi connectivity index (χ2n) is 6.15. The number of rotatable bonds is 4. The molecule has 1 aliphatic heterocycles. The van der Waals surface area contributed by atoms with Crippen molar-refractivity contribution in [1.82, 2.24) is 10.2 Å². The molecular weight excluding hydrogens is 272 g/mol. The van der Waals surface area contributed by atoms with Crippen molar-refractivity contribution in [2.24, 2.45) is 0 Å². The summed E-state index contributed by atoms with van der Waals surface area (Å²) in [5.74, 6) is 0.878. The molecule has 4 heteroatoms. The molecule has 0 radical (unpaired) electrons. The van der Waals surface area contributed by atoms with Crippen LogP contribution in [0.2, 0.25) is 5.02 Å². The third-order valence-corrected chi connectivity index (χ3v) is 4.41. The maximum absolute atomic E-state index is 6.37. The number of nitrogens with zero attached hydrogens (tertiary/aromatic N) is 1. The van der Waals surface area contributed by atoms with Crippen LogP contribution in [0.25, 0.3) is 0 Å². The topological polar surface area (TPSA) is 24.5 Å². The highest BCUT2D eigenvalue weighted by Crippen LogP contribution is 2.30. The molecule has 0 spiro atoms. The average Bonchev–Trinajstić information content (AvgIpc) is 2.40. The van der Waals surface area contributed by atoms with Gasteiger partial charge in [0.15, 0.2) is 0 Å². The molecule has 0 aliphatic carbocycles. The minimum absolute atomic E-state index is 0.139. The first-order valence-corrected chi connectivity index (χ1v) is 7.65. The van der Waals surface area contributed by atoms with Crippen LogP contribution >= 0.6 is 11.6 Å². The normalized spacial score (nSPS) is 22.8. The summed E-state index contributed by atoms with van der Waals surface area (Å²) in [5, 5.41) is 4.40. The Labute approximate surface area is 127 Å². The van der Waals surface area contributed by atoms with Gasteiger partial charge in [-0.05, 0) is 32.4 Å². The molecule has 1 aromatic carbocycles. The van der Waals surface area contributed by atoms with Crippen LogP contribution < -0.4 is 10.1 Å². The van der Waals surface area contributed by atoms with Crippen molar-refractivity contribution in [3.8, 4) is 5.75 Å². The number of hydrogen-bond donors (Lipinski definition) is 1. The van der Waals surface area contributed by atoms with Crippen molar-refractivity contribution < 1.29 is 4.74 Å². The van der Waals surface area contributed by atoms with Crippen molar-refractivity contribution >= 4 is 11.6 Å². The van der Waals surface area contributed by atoms with E-state index in [1.807, 2.05) is 18.2 Å². The molecular formula is C16H25ClN2O. The zero-order valence-corrected chi connectivity index (χ0v) is 13.6. The molecule has 0 aromatic heterocycles. The van der Waals surface area contributed by atoms with Crippen LogP contribution in [0.15, 0.2) is 18.2 Å². The summed E-state index contributed by atoms with van der Waals surface area (Å²) in [7, 11) is 1.70. The molecule has 0 saturated carbocycles. The number of hydrogen-bond acceptors (Lipinski definition) is 3. The lowest BCUT2D eigenvalue weighted by Crippen LogP contribution is -2.61. The Hall–Kier alpha value is -0.770. The first kappa shape index (κ1) is 15.6. The van der Waals surface area contributed by atoms with Gasteiger partial charge in [-0.2, -0.15) is 0 Å². The van der Waals surface area contributed by atoms with Gasteiger partial charge in [-0.3, -0.25) is 4.90 Å². The fourth-order valence-electron chi connectivity index (χ4n) is 2.89. The average molecular weight is 297 g/mol. The molecule has 1 unspecified atom stereocenters. The number of halogens is 1. The first-order chi connectivity index (χ1) is 9.46. The molecule has 1 heterocycles. The zero-order valence-electron chi connectivity index (χ0n) is 12.9. The van der Waals surface area contributed by atoms with Crippen molar-refractivity contribution in [1.29, 1.82) is 0 Å². The first-order valence-electron chi connectivity index (χ1n) is 7.27. The van der Waals surface area contributed by atoms with Crippen LogP contribution in [0, 0.1) is 0 Å². The summed E-state index contributed by atoms with van der Waals surface area (Å²) in [6.45, 7) is 9.61. The summed E-state index contributed by atoms with van der Waals surface area (Å²) >= 11 is 6.37. The number of methoxy groups -OCH3 is 1. The predicted molar refractivity (Wildman–Crippen MR) is 84.6 cm³/mol. The van der Waals surface area contributed by atoms with Gasteiger partial charge in [0, 0.05) is 41.8 Å². The van der Waals surface area contributed by atoms with Crippen LogP contribution in [0.5, 0.6) is 5.75 Å². The van der Waals surface area contributed by atoms with Crippen LogP contribution in [0.4, 0.5) is 0 Å². The van der Waals surface area contributed by atoms with Crippen molar-refractivity contribution in [3.05, 3.63) is 28.8 Å². The highest BCUT2D eigenvalue weighted by molar-refractivity contribution is 6.31. The lowest BCUT2D eigenvalue weighted by atomic mass is 9.97. The Morgan fingerprint density at radius 3 is 2.85 bits per heavy atom. The van der Waals surface area contributed by atoms with Gasteiger partial charge >= 0.3 is 0 Å². The Morgan fingerprint density at radius 2 is 2.20 bits per heavy atom. The van der Waals surface area contributed by atoms with E-state index < -0.39 is 0 Å². The Morgan fingerprint density at radius 1 is 1.45 bits per heavy atom. The predicted octanol–water partition coefficient (Wildman–Crippen LogP) is 3.31. The van der Waals surface area contributed by atoms with Crippen LogP contribution in [-0.2, 0) is 6.54 Å². The van der Waals surface area contributed by atoms with Crippen LogP contribution in [0.1, 0.15) is 32.8 Å². The second kappa shape index (κ2) is 6.33. The van der Waals surface area contributed by atoms with E-state index in [9.17, 15) is 0 Å². The Bertz CT molecular complexity index is 462. The smallest absolute Gasteiger partial charge is 0.124 e. The lowest BCUT2D eigenvalue weighted by molar-refractivity contribution is 0.0851. The van der Waals surface area contributed by atoms with Gasteiger partial charge in [-0.25, -0.2) is 0 Å². The highest BCUT2D eigenvalue weighted by atomic mass is 35.5. The monoisotopic (exact) mass is 296 g/mol. The molecule has 3 nitrogen and oxygen atoms in total. The number of piperazine rings is 1. The van der Waals surface area contributed by atoms with E-state index in [-0.39, 0.29) is 5.54 Å². The van der Waals surface area contributed by atoms with E-state index in [4.69, 9.17) is 16.3 Å². The van der Waals surface area contributed by atoms with Crippen molar-refractivity contribution in [2.75, 3.05) is 20.2 Å². The van der Waals surface area contributed by atoms with E-state index in [1.165, 1.54) is 0 Å². The third-order valence-electron chi connectivity index (χ3n) is 4.06. The summed E-state index contributed by atoms with van der Waals surface area (Å²) in [4.78, 5) is 2.51. The van der Waals surface area contributed by atoms with E-state index in [0.717, 1.165) is 42.4 Å². The molecule has 1 atom stereocenters. The maximum Gasteiger partial charge on any atom is 0.124 e. The van der Waals surface area contributed by atoms with Crippen molar-refractivity contribution in [3.63, 3.8) is 0 Å². The minimum Gasteiger partial charge on any atom is -0.496 e. The minimum atomic E-state index is 0.139. The molecule has 2 rings (SSSR count). The second-order valence-corrected chi connectivity index (χ2v) is 6.56. The van der Waals surface area contributed by atoms with Gasteiger partial charge in [-0.1, -0.05) is 24.6 Å². The van der Waals surface area contributed by atoms with Gasteiger partial charge in [0.2, 0.25) is 0 Å². The van der Waals surface area contributed by atoms with E-state index >= 15 is 0 Å². The standard InChI is InChI=1S/C16H25ClN2O/c1-5-12-9-18-16(2,3)11-19(12)10-13-14(17)7-6-8-15(13)20-4/h6-8,12,18H,5,9-11H2,1-4H3. The third kappa shape index (κ3) is 3.46. The molecule has 1 N–H and O–H groups in total. The highest BCUT2D eigenvalue weighted by Gasteiger charge is 2.32. The molecule has 1 saturated heterocycles. The number of ether oxygens (including phenoxy) is 1. The van der Waals surface area contributed by atoms with Gasteiger partial charge in [0.05, 0.1) is 7.11 Å². The summed E-state index contributed by atoms with van der Waals surface area (Å²) in [5.41, 5.74) is 1.23. The summed E-state index contributed by atoms with van der Waals surface area (Å²) < 4.78 is 5.46. The molecule has 0 amide bonds. The SMILES string of the molecule is CCC1CNC(C)(C)CN1Cc1c(Cl)cccc1OC. The lowest BCUT2D eigenvalue weighted by Gasteiger charge is -2.44. The quantitative estimate of drug-likeness (QED) is 0.922. The Kier molecular flexibility index (Phi) is 4.95. The van der Waals surface area contributed by atoms with E-state index in [2.05, 4.69) is 31.0 Å². The molecule has 112 valence electrons.